The van der Waals surface area contributed by atoms with E-state index in [0.29, 0.717) is 0 Å². The van der Waals surface area contributed by atoms with E-state index in [1.54, 1.807) is 0 Å². The molecule has 0 saturated carbocycles. The number of nitrogens with zero attached hydrogens (tertiary/aromatic N) is 2. The molecule has 0 unspecified atom stereocenters. The average molecular weight is 235 g/mol. The smallest absolute Gasteiger partial charge is 0.106 e. The minimum Gasteiger partial charge on any atom is -0.331 e. The third-order valence-corrected chi connectivity index (χ3v) is 2.01. The monoisotopic (exact) mass is 235 g/mol. The zero-order valence-electron chi connectivity index (χ0n) is 7.28. The van der Waals surface area contributed by atoms with Gasteiger partial charge in [0.2, 0.25) is 0 Å². The molecule has 0 aliphatic rings. The van der Waals surface area contributed by atoms with Crippen molar-refractivity contribution in [2.75, 3.05) is 0 Å². The molecule has 0 spiro atoms. The molecule has 0 aliphatic carbocycles. The molecule has 0 bridgehead atoms. The molecular weight excluding hydrogens is 225 g/mol. The fourth-order valence-electron chi connectivity index (χ4n) is 1.27. The van der Waals surface area contributed by atoms with E-state index in [-0.39, 0.29) is 32.7 Å². The van der Waals surface area contributed by atoms with Gasteiger partial charge in [0.1, 0.15) is 5.82 Å². The van der Waals surface area contributed by atoms with Crippen molar-refractivity contribution in [1.82, 2.24) is 9.55 Å². The summed E-state index contributed by atoms with van der Waals surface area (Å²) in [7, 11) is 2.03. The van der Waals surface area contributed by atoms with Crippen molar-refractivity contribution in [1.29, 1.82) is 0 Å². The van der Waals surface area contributed by atoms with Gasteiger partial charge in [-0.25, -0.2) is 4.98 Å². The standard InChI is InChI=1S/C9H10N2.Y/c1-7-10-8-5-3-4-6-9(8)11(7)2;/h3-6H,1-2H3;. The van der Waals surface area contributed by atoms with Gasteiger partial charge >= 0.3 is 0 Å². The summed E-state index contributed by atoms with van der Waals surface area (Å²) in [4.78, 5) is 4.38. The Hall–Kier alpha value is -0.206. The van der Waals surface area contributed by atoms with Crippen LogP contribution in [0.3, 0.4) is 0 Å². The summed E-state index contributed by atoms with van der Waals surface area (Å²) in [5.74, 6) is 1.06. The van der Waals surface area contributed by atoms with Crippen molar-refractivity contribution >= 4 is 11.0 Å². The van der Waals surface area contributed by atoms with E-state index in [1.165, 1.54) is 5.52 Å². The number of fused-ring (bicyclic) bond motifs is 1. The van der Waals surface area contributed by atoms with Crippen LogP contribution < -0.4 is 0 Å². The van der Waals surface area contributed by atoms with Crippen LogP contribution in [-0.4, -0.2) is 9.55 Å². The van der Waals surface area contributed by atoms with E-state index in [9.17, 15) is 0 Å². The van der Waals surface area contributed by atoms with Gasteiger partial charge in [-0.3, -0.25) is 0 Å². The van der Waals surface area contributed by atoms with Crippen LogP contribution in [0.25, 0.3) is 11.0 Å². The van der Waals surface area contributed by atoms with Crippen LogP contribution >= 0.6 is 0 Å². The third kappa shape index (κ3) is 1.46. The van der Waals surface area contributed by atoms with Crippen molar-refractivity contribution < 1.29 is 32.7 Å². The fourth-order valence-corrected chi connectivity index (χ4v) is 1.27. The molecule has 12 heavy (non-hydrogen) atoms. The number of imidazole rings is 1. The van der Waals surface area contributed by atoms with Gasteiger partial charge in [-0.1, -0.05) is 12.1 Å². The zero-order valence-corrected chi connectivity index (χ0v) is 10.1. The summed E-state index contributed by atoms with van der Waals surface area (Å²) in [5, 5.41) is 0. The van der Waals surface area contributed by atoms with Gasteiger partial charge in [-0.15, -0.1) is 0 Å². The molecule has 1 heterocycles. The number of aromatic nitrogens is 2. The van der Waals surface area contributed by atoms with Gasteiger partial charge in [0.15, 0.2) is 0 Å². The summed E-state index contributed by atoms with van der Waals surface area (Å²) in [6.45, 7) is 2.01. The van der Waals surface area contributed by atoms with Crippen LogP contribution in [0.15, 0.2) is 24.3 Å². The summed E-state index contributed by atoms with van der Waals surface area (Å²) in [5.41, 5.74) is 2.28. The Morgan fingerprint density at radius 3 is 2.58 bits per heavy atom. The first-order chi connectivity index (χ1) is 5.29. The Bertz CT molecular complexity index is 392. The van der Waals surface area contributed by atoms with E-state index in [2.05, 4.69) is 15.6 Å². The molecule has 1 aromatic heterocycles. The first-order valence-electron chi connectivity index (χ1n) is 3.67. The Morgan fingerprint density at radius 1 is 1.25 bits per heavy atom. The summed E-state index contributed by atoms with van der Waals surface area (Å²) in [6.07, 6.45) is 0. The molecule has 0 amide bonds. The van der Waals surface area contributed by atoms with Crippen molar-refractivity contribution in [2.45, 2.75) is 6.92 Å². The quantitative estimate of drug-likeness (QED) is 0.681. The molecule has 0 N–H and O–H groups in total. The SMILES string of the molecule is Cc1nc2ccccc2n1C.[Y]. The minimum absolute atomic E-state index is 0. The molecule has 0 aliphatic heterocycles. The molecule has 3 heteroatoms. The van der Waals surface area contributed by atoms with E-state index < -0.39 is 0 Å². The molecule has 0 fully saturated rings. The minimum atomic E-state index is 0. The predicted octanol–water partition coefficient (Wildman–Crippen LogP) is 1.88. The molecule has 0 atom stereocenters. The maximum Gasteiger partial charge on any atom is 0.106 e. The topological polar surface area (TPSA) is 17.8 Å². The van der Waals surface area contributed by atoms with Gasteiger partial charge in [0.05, 0.1) is 11.0 Å². The molecule has 2 nitrogen and oxygen atoms in total. The van der Waals surface area contributed by atoms with E-state index in [1.807, 2.05) is 32.2 Å². The second-order valence-electron chi connectivity index (χ2n) is 2.71. The second kappa shape index (κ2) is 3.67. The predicted molar refractivity (Wildman–Crippen MR) is 45.5 cm³/mol. The summed E-state index contributed by atoms with van der Waals surface area (Å²) >= 11 is 0. The van der Waals surface area contributed by atoms with Crippen molar-refractivity contribution in [2.24, 2.45) is 7.05 Å². The van der Waals surface area contributed by atoms with E-state index in [4.69, 9.17) is 0 Å². The van der Waals surface area contributed by atoms with Crippen LogP contribution in [0.1, 0.15) is 5.82 Å². The largest absolute Gasteiger partial charge is 0.331 e. The van der Waals surface area contributed by atoms with Crippen LogP contribution in [-0.2, 0) is 39.8 Å². The Labute approximate surface area is 96.9 Å². The second-order valence-corrected chi connectivity index (χ2v) is 2.71. The number of hydrogen-bond acceptors (Lipinski definition) is 1. The van der Waals surface area contributed by atoms with E-state index >= 15 is 0 Å². The fraction of sp³-hybridized carbons (Fsp3) is 0.222. The van der Waals surface area contributed by atoms with Gasteiger partial charge in [-0.2, -0.15) is 0 Å². The molecule has 2 rings (SSSR count). The Balaban J connectivity index is 0.000000720. The van der Waals surface area contributed by atoms with Gasteiger partial charge in [-0.05, 0) is 19.1 Å². The molecule has 0 saturated heterocycles. The maximum atomic E-state index is 4.38. The number of rotatable bonds is 0. The number of benzene rings is 1. The number of hydrogen-bond donors (Lipinski definition) is 0. The molecule has 1 aromatic carbocycles. The van der Waals surface area contributed by atoms with Crippen LogP contribution in [0.4, 0.5) is 0 Å². The van der Waals surface area contributed by atoms with Crippen LogP contribution in [0, 0.1) is 6.92 Å². The van der Waals surface area contributed by atoms with Crippen molar-refractivity contribution in [3.8, 4) is 0 Å². The van der Waals surface area contributed by atoms with Crippen molar-refractivity contribution in [3.05, 3.63) is 30.1 Å². The Morgan fingerprint density at radius 2 is 1.92 bits per heavy atom. The van der Waals surface area contributed by atoms with E-state index in [0.717, 1.165) is 11.3 Å². The van der Waals surface area contributed by atoms with Gasteiger partial charge in [0.25, 0.3) is 0 Å². The molecular formula is C9H10N2Y. The van der Waals surface area contributed by atoms with Gasteiger partial charge in [0, 0.05) is 39.8 Å². The van der Waals surface area contributed by atoms with Crippen LogP contribution in [0.5, 0.6) is 0 Å². The first kappa shape index (κ1) is 9.88. The Kier molecular flexibility index (Phi) is 3.02. The summed E-state index contributed by atoms with van der Waals surface area (Å²) in [6, 6.07) is 8.15. The zero-order chi connectivity index (χ0) is 7.84. The normalized spacial score (nSPS) is 9.83. The number of aryl methyl sites for hydroxylation is 2. The summed E-state index contributed by atoms with van der Waals surface area (Å²) < 4.78 is 2.09. The first-order valence-corrected chi connectivity index (χ1v) is 3.67. The van der Waals surface area contributed by atoms with Crippen LogP contribution in [0.2, 0.25) is 0 Å². The number of para-hydroxylation sites is 2. The average Bonchev–Trinajstić information content (AvgIpc) is 2.30. The maximum absolute atomic E-state index is 4.38. The van der Waals surface area contributed by atoms with Gasteiger partial charge < -0.3 is 4.57 Å². The van der Waals surface area contributed by atoms with Crippen molar-refractivity contribution in [3.63, 3.8) is 0 Å². The molecule has 59 valence electrons. The molecule has 1 radical (unpaired) electrons. The molecule has 2 aromatic rings. The third-order valence-electron chi connectivity index (χ3n) is 2.01.